The lowest BCUT2D eigenvalue weighted by Crippen LogP contribution is -2.22. The molecule has 0 aliphatic heterocycles. The van der Waals surface area contributed by atoms with Crippen molar-refractivity contribution in [1.29, 1.82) is 0 Å². The van der Waals surface area contributed by atoms with Crippen molar-refractivity contribution in [2.24, 2.45) is 5.10 Å². The second-order valence-electron chi connectivity index (χ2n) is 4.85. The molecule has 0 saturated carbocycles. The number of nitrogens with zero attached hydrogens (tertiary/aromatic N) is 3. The van der Waals surface area contributed by atoms with E-state index < -0.39 is 5.56 Å². The summed E-state index contributed by atoms with van der Waals surface area (Å²) >= 11 is 6.09. The Morgan fingerprint density at radius 3 is 2.54 bits per heavy atom. The number of halogens is 2. The van der Waals surface area contributed by atoms with Crippen LogP contribution in [0.15, 0.2) is 70.7 Å². The molecule has 1 heterocycles. The van der Waals surface area contributed by atoms with Crippen LogP contribution in [0.4, 0.5) is 10.1 Å². The van der Waals surface area contributed by atoms with Crippen LogP contribution in [0, 0.1) is 5.82 Å². The van der Waals surface area contributed by atoms with Gasteiger partial charge in [0.15, 0.2) is 0 Å². The third-order valence-corrected chi connectivity index (χ3v) is 3.55. The number of hydrogen-bond donors (Lipinski definition) is 1. The van der Waals surface area contributed by atoms with Crippen LogP contribution in [0.1, 0.15) is 5.56 Å². The largest absolute Gasteiger partial charge is 0.292 e. The molecule has 0 aliphatic rings. The van der Waals surface area contributed by atoms with Crippen molar-refractivity contribution < 1.29 is 4.39 Å². The highest BCUT2D eigenvalue weighted by atomic mass is 35.5. The Bertz CT molecular complexity index is 924. The molecule has 24 heavy (non-hydrogen) atoms. The highest BCUT2D eigenvalue weighted by Crippen LogP contribution is 2.16. The van der Waals surface area contributed by atoms with Crippen molar-refractivity contribution in [3.05, 3.63) is 87.6 Å². The molecule has 0 aliphatic carbocycles. The van der Waals surface area contributed by atoms with E-state index in [1.807, 2.05) is 6.07 Å². The average molecular weight is 343 g/mol. The molecule has 5 nitrogen and oxygen atoms in total. The zero-order valence-corrected chi connectivity index (χ0v) is 13.1. The summed E-state index contributed by atoms with van der Waals surface area (Å²) in [5.41, 5.74) is 3.81. The van der Waals surface area contributed by atoms with E-state index in [1.165, 1.54) is 29.2 Å². The Morgan fingerprint density at radius 1 is 1.12 bits per heavy atom. The van der Waals surface area contributed by atoms with Gasteiger partial charge in [-0.2, -0.15) is 14.9 Å². The molecule has 3 aromatic rings. The first-order valence-electron chi connectivity index (χ1n) is 7.03. The van der Waals surface area contributed by atoms with Gasteiger partial charge in [0.05, 0.1) is 18.1 Å². The molecule has 0 atom stereocenters. The van der Waals surface area contributed by atoms with Gasteiger partial charge in [-0.25, -0.2) is 4.39 Å². The van der Waals surface area contributed by atoms with Crippen LogP contribution in [-0.2, 0) is 0 Å². The number of nitrogens with one attached hydrogen (secondary N) is 1. The number of hydrazone groups is 1. The third-order valence-electron chi connectivity index (χ3n) is 3.19. The average Bonchev–Trinajstić information content (AvgIpc) is 2.61. The molecule has 0 spiro atoms. The van der Waals surface area contributed by atoms with Crippen LogP contribution in [0.5, 0.6) is 0 Å². The van der Waals surface area contributed by atoms with Gasteiger partial charge in [-0.05, 0) is 29.8 Å². The molecule has 0 fully saturated rings. The number of aromatic nitrogens is 2. The summed E-state index contributed by atoms with van der Waals surface area (Å²) in [6.07, 6.45) is 2.90. The molecule has 120 valence electrons. The first-order valence-corrected chi connectivity index (χ1v) is 7.41. The van der Waals surface area contributed by atoms with E-state index >= 15 is 0 Å². The van der Waals surface area contributed by atoms with Gasteiger partial charge in [-0.1, -0.05) is 41.9 Å². The lowest BCUT2D eigenvalue weighted by molar-refractivity contribution is 0.628. The van der Waals surface area contributed by atoms with Crippen LogP contribution in [0.3, 0.4) is 0 Å². The van der Waals surface area contributed by atoms with E-state index in [0.717, 1.165) is 0 Å². The van der Waals surface area contributed by atoms with E-state index in [0.29, 0.717) is 11.3 Å². The van der Waals surface area contributed by atoms with Crippen molar-refractivity contribution >= 4 is 23.5 Å². The minimum absolute atomic E-state index is 0.0230. The van der Waals surface area contributed by atoms with Gasteiger partial charge in [0.2, 0.25) is 0 Å². The van der Waals surface area contributed by atoms with Crippen LogP contribution in [-0.4, -0.2) is 16.0 Å². The molecule has 0 saturated heterocycles. The number of anilines is 1. The molecular formula is C17H12ClFN4O. The van der Waals surface area contributed by atoms with Crippen LogP contribution in [0.25, 0.3) is 5.69 Å². The highest BCUT2D eigenvalue weighted by Gasteiger charge is 2.09. The fourth-order valence-corrected chi connectivity index (χ4v) is 2.16. The molecule has 1 aromatic heterocycles. The first kappa shape index (κ1) is 15.9. The normalized spacial score (nSPS) is 10.9. The summed E-state index contributed by atoms with van der Waals surface area (Å²) in [7, 11) is 0. The second-order valence-corrected chi connectivity index (χ2v) is 5.22. The van der Waals surface area contributed by atoms with Gasteiger partial charge < -0.3 is 0 Å². The van der Waals surface area contributed by atoms with E-state index in [4.69, 9.17) is 11.6 Å². The maximum Gasteiger partial charge on any atom is 0.292 e. The van der Waals surface area contributed by atoms with Crippen molar-refractivity contribution in [2.45, 2.75) is 0 Å². The standard InChI is InChI=1S/C17H12ClFN4O/c18-16-15(22-20-10-12-6-8-13(19)9-7-12)11-21-23(17(16)24)14-4-2-1-3-5-14/h1-11,22H/b20-10+. The Morgan fingerprint density at radius 2 is 1.83 bits per heavy atom. The maximum atomic E-state index is 12.8. The van der Waals surface area contributed by atoms with E-state index in [-0.39, 0.29) is 16.5 Å². The van der Waals surface area contributed by atoms with Gasteiger partial charge in [0.25, 0.3) is 5.56 Å². The minimum atomic E-state index is -0.454. The molecule has 0 unspecified atom stereocenters. The van der Waals surface area contributed by atoms with Crippen LogP contribution < -0.4 is 11.0 Å². The molecule has 0 radical (unpaired) electrons. The molecular weight excluding hydrogens is 331 g/mol. The number of para-hydroxylation sites is 1. The molecule has 3 rings (SSSR count). The fraction of sp³-hybridized carbons (Fsp3) is 0. The molecule has 1 N–H and O–H groups in total. The van der Waals surface area contributed by atoms with Crippen molar-refractivity contribution in [2.75, 3.05) is 5.43 Å². The fourth-order valence-electron chi connectivity index (χ4n) is 1.99. The first-order chi connectivity index (χ1) is 11.6. The van der Waals surface area contributed by atoms with Gasteiger partial charge in [0.1, 0.15) is 16.5 Å². The summed E-state index contributed by atoms with van der Waals surface area (Å²) < 4.78 is 14.0. The Balaban J connectivity index is 1.81. The molecule has 0 amide bonds. The summed E-state index contributed by atoms with van der Waals surface area (Å²) in [5, 5.41) is 8.03. The minimum Gasteiger partial charge on any atom is -0.275 e. The third kappa shape index (κ3) is 3.49. The topological polar surface area (TPSA) is 59.3 Å². The van der Waals surface area contributed by atoms with Gasteiger partial charge in [0, 0.05) is 0 Å². The Hall–Kier alpha value is -2.99. The van der Waals surface area contributed by atoms with E-state index in [2.05, 4.69) is 15.6 Å². The van der Waals surface area contributed by atoms with Gasteiger partial charge in [-0.3, -0.25) is 10.2 Å². The molecule has 0 bridgehead atoms. The maximum absolute atomic E-state index is 12.8. The number of hydrogen-bond acceptors (Lipinski definition) is 4. The number of rotatable bonds is 4. The van der Waals surface area contributed by atoms with Crippen molar-refractivity contribution in [3.8, 4) is 5.69 Å². The van der Waals surface area contributed by atoms with Crippen molar-refractivity contribution in [3.63, 3.8) is 0 Å². The monoisotopic (exact) mass is 342 g/mol. The Labute approximate surface area is 142 Å². The van der Waals surface area contributed by atoms with Gasteiger partial charge in [-0.15, -0.1) is 0 Å². The summed E-state index contributed by atoms with van der Waals surface area (Å²) in [6, 6.07) is 14.8. The zero-order chi connectivity index (χ0) is 16.9. The Kier molecular flexibility index (Phi) is 4.67. The smallest absolute Gasteiger partial charge is 0.275 e. The summed E-state index contributed by atoms with van der Waals surface area (Å²) in [6.45, 7) is 0. The van der Waals surface area contributed by atoms with Crippen molar-refractivity contribution in [1.82, 2.24) is 9.78 Å². The second kappa shape index (κ2) is 7.06. The van der Waals surface area contributed by atoms with Gasteiger partial charge >= 0.3 is 0 Å². The lowest BCUT2D eigenvalue weighted by atomic mass is 10.2. The quantitative estimate of drug-likeness (QED) is 0.583. The van der Waals surface area contributed by atoms with E-state index in [1.54, 1.807) is 36.4 Å². The predicted molar refractivity (Wildman–Crippen MR) is 92.5 cm³/mol. The van der Waals surface area contributed by atoms with Crippen LogP contribution >= 0.6 is 11.6 Å². The molecule has 2 aromatic carbocycles. The number of benzene rings is 2. The lowest BCUT2D eigenvalue weighted by Gasteiger charge is -2.07. The SMILES string of the molecule is O=c1c(Cl)c(N/N=C/c2ccc(F)cc2)cnn1-c1ccccc1. The van der Waals surface area contributed by atoms with E-state index in [9.17, 15) is 9.18 Å². The molecule has 7 heteroatoms. The zero-order valence-electron chi connectivity index (χ0n) is 12.4. The summed E-state index contributed by atoms with van der Waals surface area (Å²) in [4.78, 5) is 12.3. The van der Waals surface area contributed by atoms with Crippen LogP contribution in [0.2, 0.25) is 5.02 Å². The highest BCUT2D eigenvalue weighted by molar-refractivity contribution is 6.32. The predicted octanol–water partition coefficient (Wildman–Crippen LogP) is 3.47. The summed E-state index contributed by atoms with van der Waals surface area (Å²) in [5.74, 6) is -0.322.